The summed E-state index contributed by atoms with van der Waals surface area (Å²) in [5.41, 5.74) is 5.97. The van der Waals surface area contributed by atoms with Gasteiger partial charge in [0.25, 0.3) is 0 Å². The number of nitrogen functional groups attached to an aromatic ring is 1. The van der Waals surface area contributed by atoms with Crippen molar-refractivity contribution in [3.05, 3.63) is 22.7 Å². The van der Waals surface area contributed by atoms with Crippen LogP contribution in [-0.4, -0.2) is 14.5 Å². The van der Waals surface area contributed by atoms with E-state index in [0.717, 1.165) is 0 Å². The molecular weight excluding hydrogens is 316 g/mol. The van der Waals surface area contributed by atoms with Gasteiger partial charge in [0.2, 0.25) is 10.0 Å². The van der Waals surface area contributed by atoms with Gasteiger partial charge in [0.1, 0.15) is 0 Å². The molecule has 0 bridgehead atoms. The Morgan fingerprint density at radius 2 is 2.06 bits per heavy atom. The molecule has 0 heterocycles. The van der Waals surface area contributed by atoms with Gasteiger partial charge in [-0.2, -0.15) is 4.72 Å². The second-order valence-electron chi connectivity index (χ2n) is 4.20. The van der Waals surface area contributed by atoms with Crippen LogP contribution in [0, 0.1) is 18.3 Å². The zero-order valence-corrected chi connectivity index (χ0v) is 12.5. The number of terminal acetylenes is 1. The predicted molar refractivity (Wildman–Crippen MR) is 76.3 cm³/mol. The third-order valence-electron chi connectivity index (χ3n) is 2.37. The van der Waals surface area contributed by atoms with Gasteiger partial charge in [-0.15, -0.1) is 6.42 Å². The Bertz CT molecular complexity index is 576. The molecule has 0 aliphatic heterocycles. The van der Waals surface area contributed by atoms with E-state index in [4.69, 9.17) is 12.2 Å². The Labute approximate surface area is 116 Å². The Morgan fingerprint density at radius 1 is 1.44 bits per heavy atom. The van der Waals surface area contributed by atoms with Crippen molar-refractivity contribution in [3.63, 3.8) is 0 Å². The summed E-state index contributed by atoms with van der Waals surface area (Å²) in [5, 5.41) is 0. The average molecular weight is 331 g/mol. The molecule has 1 aromatic rings. The smallest absolute Gasteiger partial charge is 0.242 e. The highest BCUT2D eigenvalue weighted by atomic mass is 79.9. The minimum Gasteiger partial charge on any atom is -0.399 e. The number of halogens is 1. The van der Waals surface area contributed by atoms with Gasteiger partial charge in [0.05, 0.1) is 10.9 Å². The van der Waals surface area contributed by atoms with Gasteiger partial charge in [0, 0.05) is 10.2 Å². The summed E-state index contributed by atoms with van der Waals surface area (Å²) in [6.07, 6.45) is 5.31. The molecule has 0 aliphatic carbocycles. The van der Waals surface area contributed by atoms with E-state index in [-0.39, 0.29) is 10.8 Å². The summed E-state index contributed by atoms with van der Waals surface area (Å²) in [4.78, 5) is 0.0865. The van der Waals surface area contributed by atoms with Gasteiger partial charge in [-0.3, -0.25) is 0 Å². The molecular formula is C12H15BrN2O2S. The summed E-state index contributed by atoms with van der Waals surface area (Å²) in [5.74, 6) is 2.43. The SMILES string of the molecule is C#CC(NS(=O)(=O)c1cc(N)ccc1Br)C(C)C. The van der Waals surface area contributed by atoms with Crippen LogP contribution in [-0.2, 0) is 10.0 Å². The molecule has 0 saturated carbocycles. The predicted octanol–water partition coefficient (Wildman–Crippen LogP) is 1.97. The lowest BCUT2D eigenvalue weighted by Crippen LogP contribution is -2.37. The molecule has 98 valence electrons. The normalized spacial score (nSPS) is 13.3. The first-order valence-corrected chi connectivity index (χ1v) is 7.59. The van der Waals surface area contributed by atoms with E-state index >= 15 is 0 Å². The van der Waals surface area contributed by atoms with Crippen molar-refractivity contribution in [1.82, 2.24) is 4.72 Å². The quantitative estimate of drug-likeness (QED) is 0.654. The van der Waals surface area contributed by atoms with E-state index in [1.54, 1.807) is 12.1 Å². The minimum atomic E-state index is -3.69. The molecule has 18 heavy (non-hydrogen) atoms. The van der Waals surface area contributed by atoms with Crippen molar-refractivity contribution in [2.45, 2.75) is 24.8 Å². The molecule has 1 unspecified atom stereocenters. The van der Waals surface area contributed by atoms with E-state index < -0.39 is 16.1 Å². The van der Waals surface area contributed by atoms with E-state index in [1.807, 2.05) is 13.8 Å². The summed E-state index contributed by atoms with van der Waals surface area (Å²) >= 11 is 3.19. The van der Waals surface area contributed by atoms with Crippen LogP contribution in [0.15, 0.2) is 27.6 Å². The third-order valence-corrected chi connectivity index (χ3v) is 4.81. The van der Waals surface area contributed by atoms with E-state index in [1.165, 1.54) is 6.07 Å². The van der Waals surface area contributed by atoms with Crippen LogP contribution in [0.3, 0.4) is 0 Å². The monoisotopic (exact) mass is 330 g/mol. The number of benzene rings is 1. The number of rotatable bonds is 4. The Kier molecular flexibility index (Phi) is 4.79. The van der Waals surface area contributed by atoms with Crippen LogP contribution in [0.2, 0.25) is 0 Å². The highest BCUT2D eigenvalue weighted by Crippen LogP contribution is 2.24. The number of nitrogens with two attached hydrogens (primary N) is 1. The highest BCUT2D eigenvalue weighted by molar-refractivity contribution is 9.10. The maximum Gasteiger partial charge on any atom is 0.242 e. The standard InChI is InChI=1S/C12H15BrN2O2S/c1-4-11(8(2)3)15-18(16,17)12-7-9(14)5-6-10(12)13/h1,5-8,11,15H,14H2,2-3H3. The molecule has 0 radical (unpaired) electrons. The van der Waals surface area contributed by atoms with Crippen LogP contribution >= 0.6 is 15.9 Å². The fourth-order valence-corrected chi connectivity index (χ4v) is 3.62. The molecule has 6 heteroatoms. The lowest BCUT2D eigenvalue weighted by Gasteiger charge is -2.17. The zero-order valence-electron chi connectivity index (χ0n) is 10.1. The lowest BCUT2D eigenvalue weighted by atomic mass is 10.1. The molecule has 1 aromatic carbocycles. The van der Waals surface area contributed by atoms with E-state index in [0.29, 0.717) is 10.2 Å². The number of hydrogen-bond donors (Lipinski definition) is 2. The van der Waals surface area contributed by atoms with Crippen LogP contribution in [0.5, 0.6) is 0 Å². The lowest BCUT2D eigenvalue weighted by molar-refractivity contribution is 0.518. The van der Waals surface area contributed by atoms with Crippen molar-refractivity contribution in [2.75, 3.05) is 5.73 Å². The fourth-order valence-electron chi connectivity index (χ4n) is 1.32. The second-order valence-corrected chi connectivity index (χ2v) is 6.74. The summed E-state index contributed by atoms with van der Waals surface area (Å²) < 4.78 is 27.3. The minimum absolute atomic E-state index is 0.00427. The molecule has 0 saturated heterocycles. The van der Waals surface area contributed by atoms with E-state index in [2.05, 4.69) is 26.6 Å². The highest BCUT2D eigenvalue weighted by Gasteiger charge is 2.23. The van der Waals surface area contributed by atoms with Crippen molar-refractivity contribution in [2.24, 2.45) is 5.92 Å². The zero-order chi connectivity index (χ0) is 13.9. The maximum absolute atomic E-state index is 12.2. The maximum atomic E-state index is 12.2. The second kappa shape index (κ2) is 5.74. The van der Waals surface area contributed by atoms with Gasteiger partial charge in [-0.25, -0.2) is 8.42 Å². The first kappa shape index (κ1) is 15.0. The largest absolute Gasteiger partial charge is 0.399 e. The molecule has 1 rings (SSSR count). The van der Waals surface area contributed by atoms with Crippen LogP contribution in [0.1, 0.15) is 13.8 Å². The number of hydrogen-bond acceptors (Lipinski definition) is 3. The van der Waals surface area contributed by atoms with Crippen molar-refractivity contribution in [3.8, 4) is 12.3 Å². The number of nitrogens with one attached hydrogen (secondary N) is 1. The topological polar surface area (TPSA) is 72.2 Å². The van der Waals surface area contributed by atoms with E-state index in [9.17, 15) is 8.42 Å². The fraction of sp³-hybridized carbons (Fsp3) is 0.333. The third kappa shape index (κ3) is 3.48. The first-order chi connectivity index (χ1) is 8.27. The molecule has 0 aliphatic rings. The van der Waals surface area contributed by atoms with Crippen molar-refractivity contribution in [1.29, 1.82) is 0 Å². The van der Waals surface area contributed by atoms with Crippen molar-refractivity contribution >= 4 is 31.6 Å². The molecule has 0 amide bonds. The van der Waals surface area contributed by atoms with Gasteiger partial charge in [-0.1, -0.05) is 19.8 Å². The molecule has 4 nitrogen and oxygen atoms in total. The van der Waals surface area contributed by atoms with Crippen LogP contribution in [0.25, 0.3) is 0 Å². The van der Waals surface area contributed by atoms with Gasteiger partial charge >= 0.3 is 0 Å². The van der Waals surface area contributed by atoms with Crippen LogP contribution in [0.4, 0.5) is 5.69 Å². The number of sulfonamides is 1. The Hall–Kier alpha value is -1.03. The van der Waals surface area contributed by atoms with Crippen LogP contribution < -0.4 is 10.5 Å². The molecule has 0 spiro atoms. The summed E-state index contributed by atoms with van der Waals surface area (Å²) in [6.45, 7) is 3.70. The average Bonchev–Trinajstić information content (AvgIpc) is 2.28. The Morgan fingerprint density at radius 3 is 2.56 bits per heavy atom. The van der Waals surface area contributed by atoms with Gasteiger partial charge < -0.3 is 5.73 Å². The van der Waals surface area contributed by atoms with Gasteiger partial charge in [-0.05, 0) is 40.0 Å². The molecule has 3 N–H and O–H groups in total. The molecule has 0 aromatic heterocycles. The first-order valence-electron chi connectivity index (χ1n) is 5.31. The Balaban J connectivity index is 3.15. The molecule has 0 fully saturated rings. The number of anilines is 1. The van der Waals surface area contributed by atoms with Crippen molar-refractivity contribution < 1.29 is 8.42 Å². The molecule has 1 atom stereocenters. The summed E-state index contributed by atoms with van der Waals surface area (Å²) in [6, 6.07) is 4.04. The summed E-state index contributed by atoms with van der Waals surface area (Å²) in [7, 11) is -3.69. The van der Waals surface area contributed by atoms with Gasteiger partial charge in [0.15, 0.2) is 0 Å².